The molecular weight excluding hydrogens is 266 g/mol. The van der Waals surface area contributed by atoms with E-state index in [9.17, 15) is 0 Å². The molecular formula is C13H18BrNO. The summed E-state index contributed by atoms with van der Waals surface area (Å²) in [6, 6.07) is 9.17. The summed E-state index contributed by atoms with van der Waals surface area (Å²) in [4.78, 5) is 0. The maximum absolute atomic E-state index is 5.33. The highest BCUT2D eigenvalue weighted by Gasteiger charge is 2.12. The second-order valence-corrected chi connectivity index (χ2v) is 5.14. The first-order valence-electron chi connectivity index (χ1n) is 5.90. The third kappa shape index (κ3) is 3.89. The van der Waals surface area contributed by atoms with Crippen LogP contribution in [0.25, 0.3) is 0 Å². The van der Waals surface area contributed by atoms with E-state index in [4.69, 9.17) is 4.74 Å². The van der Waals surface area contributed by atoms with E-state index in [1.165, 1.54) is 5.56 Å². The fraction of sp³-hybridized carbons (Fsp3) is 0.538. The second kappa shape index (κ2) is 6.38. The summed E-state index contributed by atoms with van der Waals surface area (Å²) in [7, 11) is 0. The monoisotopic (exact) mass is 283 g/mol. The summed E-state index contributed by atoms with van der Waals surface area (Å²) < 4.78 is 6.50. The van der Waals surface area contributed by atoms with Gasteiger partial charge in [0.25, 0.3) is 0 Å². The normalized spacial score (nSPS) is 17.6. The summed E-state index contributed by atoms with van der Waals surface area (Å²) in [6.45, 7) is 2.88. The van der Waals surface area contributed by atoms with E-state index >= 15 is 0 Å². The first kappa shape index (κ1) is 12.1. The van der Waals surface area contributed by atoms with E-state index in [0.29, 0.717) is 6.04 Å². The van der Waals surface area contributed by atoms with Gasteiger partial charge in [0.2, 0.25) is 0 Å². The third-order valence-corrected chi connectivity index (χ3v) is 3.45. The molecule has 1 saturated heterocycles. The van der Waals surface area contributed by atoms with Gasteiger partial charge in [0.05, 0.1) is 0 Å². The zero-order valence-corrected chi connectivity index (χ0v) is 11.0. The molecule has 1 aromatic carbocycles. The van der Waals surface area contributed by atoms with Crippen molar-refractivity contribution in [2.45, 2.75) is 25.3 Å². The molecule has 0 aromatic heterocycles. The third-order valence-electron chi connectivity index (χ3n) is 2.96. The average molecular weight is 284 g/mol. The highest BCUT2D eigenvalue weighted by Crippen LogP contribution is 2.12. The molecule has 1 heterocycles. The van der Waals surface area contributed by atoms with Crippen LogP contribution in [0.3, 0.4) is 0 Å². The number of ether oxygens (including phenoxy) is 1. The van der Waals surface area contributed by atoms with Crippen LogP contribution < -0.4 is 5.32 Å². The number of rotatable bonds is 4. The lowest BCUT2D eigenvalue weighted by Crippen LogP contribution is -2.35. The van der Waals surface area contributed by atoms with Crippen LogP contribution in [-0.2, 0) is 11.2 Å². The number of hydrogen-bond acceptors (Lipinski definition) is 2. The van der Waals surface area contributed by atoms with Crippen LogP contribution in [0.2, 0.25) is 0 Å². The van der Waals surface area contributed by atoms with Crippen molar-refractivity contribution in [3.8, 4) is 0 Å². The maximum Gasteiger partial charge on any atom is 0.0480 e. The molecule has 88 valence electrons. The van der Waals surface area contributed by atoms with Crippen LogP contribution in [-0.4, -0.2) is 25.8 Å². The van der Waals surface area contributed by atoms with Gasteiger partial charge in [-0.15, -0.1) is 0 Å². The van der Waals surface area contributed by atoms with Gasteiger partial charge in [0, 0.05) is 23.7 Å². The number of benzene rings is 1. The molecule has 1 aliphatic rings. The fourth-order valence-electron chi connectivity index (χ4n) is 2.01. The molecule has 0 unspecified atom stereocenters. The molecule has 0 radical (unpaired) electrons. The predicted octanol–water partition coefficient (Wildman–Crippen LogP) is 2.76. The zero-order valence-electron chi connectivity index (χ0n) is 9.42. The Labute approximate surface area is 106 Å². The van der Waals surface area contributed by atoms with E-state index in [2.05, 4.69) is 45.5 Å². The Hall–Kier alpha value is -0.380. The van der Waals surface area contributed by atoms with Crippen LogP contribution in [0.4, 0.5) is 0 Å². The van der Waals surface area contributed by atoms with Crippen LogP contribution in [0.5, 0.6) is 0 Å². The van der Waals surface area contributed by atoms with Crippen molar-refractivity contribution in [1.29, 1.82) is 0 Å². The second-order valence-electron chi connectivity index (χ2n) is 4.22. The Kier molecular flexibility index (Phi) is 4.82. The summed E-state index contributed by atoms with van der Waals surface area (Å²) in [6.07, 6.45) is 3.40. The van der Waals surface area contributed by atoms with Crippen LogP contribution >= 0.6 is 15.9 Å². The van der Waals surface area contributed by atoms with Crippen molar-refractivity contribution < 1.29 is 4.74 Å². The minimum absolute atomic E-state index is 0.654. The van der Waals surface area contributed by atoms with Crippen LogP contribution in [0.1, 0.15) is 18.4 Å². The summed E-state index contributed by atoms with van der Waals surface area (Å²) in [5, 5.41) is 3.59. The largest absolute Gasteiger partial charge is 0.381 e. The molecule has 1 aromatic rings. The summed E-state index contributed by atoms with van der Waals surface area (Å²) in [5.74, 6) is 0. The summed E-state index contributed by atoms with van der Waals surface area (Å²) >= 11 is 3.49. The van der Waals surface area contributed by atoms with E-state index in [-0.39, 0.29) is 0 Å². The fourth-order valence-corrected chi connectivity index (χ4v) is 2.46. The van der Waals surface area contributed by atoms with Gasteiger partial charge in [-0.3, -0.25) is 0 Å². The molecule has 0 aliphatic carbocycles. The molecule has 2 nitrogen and oxygen atoms in total. The minimum atomic E-state index is 0.654. The van der Waals surface area contributed by atoms with E-state index in [1.807, 2.05) is 0 Å². The molecule has 0 spiro atoms. The number of halogens is 1. The van der Waals surface area contributed by atoms with Gasteiger partial charge >= 0.3 is 0 Å². The van der Waals surface area contributed by atoms with Gasteiger partial charge in [-0.25, -0.2) is 0 Å². The lowest BCUT2D eigenvalue weighted by molar-refractivity contribution is 0.0782. The molecule has 1 fully saturated rings. The van der Waals surface area contributed by atoms with E-state index in [0.717, 1.165) is 43.5 Å². The van der Waals surface area contributed by atoms with Gasteiger partial charge in [-0.1, -0.05) is 28.1 Å². The van der Waals surface area contributed by atoms with Gasteiger partial charge in [0.15, 0.2) is 0 Å². The molecule has 0 amide bonds. The average Bonchev–Trinajstić information content (AvgIpc) is 2.30. The highest BCUT2D eigenvalue weighted by atomic mass is 79.9. The Morgan fingerprint density at radius 1 is 1.31 bits per heavy atom. The maximum atomic E-state index is 5.33. The Balaban J connectivity index is 1.71. The molecule has 1 N–H and O–H groups in total. The quantitative estimate of drug-likeness (QED) is 0.918. The van der Waals surface area contributed by atoms with Gasteiger partial charge in [-0.05, 0) is 43.5 Å². The standard InChI is InChI=1S/C13H18BrNO/c14-12-3-1-2-11(10-12)4-7-15-13-5-8-16-9-6-13/h1-3,10,13,15H,4-9H2. The first-order chi connectivity index (χ1) is 7.84. The zero-order chi connectivity index (χ0) is 11.2. The molecule has 16 heavy (non-hydrogen) atoms. The molecule has 0 saturated carbocycles. The van der Waals surface area contributed by atoms with Crippen molar-refractivity contribution in [2.24, 2.45) is 0 Å². The smallest absolute Gasteiger partial charge is 0.0480 e. The topological polar surface area (TPSA) is 21.3 Å². The molecule has 2 rings (SSSR count). The lowest BCUT2D eigenvalue weighted by atomic mass is 10.1. The van der Waals surface area contributed by atoms with E-state index < -0.39 is 0 Å². The molecule has 3 heteroatoms. The van der Waals surface area contributed by atoms with Gasteiger partial charge in [-0.2, -0.15) is 0 Å². The SMILES string of the molecule is Brc1cccc(CCNC2CCOCC2)c1. The molecule has 0 bridgehead atoms. The Morgan fingerprint density at radius 3 is 2.88 bits per heavy atom. The van der Waals surface area contributed by atoms with Crippen molar-refractivity contribution in [3.63, 3.8) is 0 Å². The van der Waals surface area contributed by atoms with Crippen molar-refractivity contribution in [3.05, 3.63) is 34.3 Å². The van der Waals surface area contributed by atoms with Gasteiger partial charge in [0.1, 0.15) is 0 Å². The van der Waals surface area contributed by atoms with Crippen molar-refractivity contribution >= 4 is 15.9 Å². The number of hydrogen-bond donors (Lipinski definition) is 1. The van der Waals surface area contributed by atoms with Crippen molar-refractivity contribution in [2.75, 3.05) is 19.8 Å². The Bertz CT molecular complexity index is 323. The van der Waals surface area contributed by atoms with E-state index in [1.54, 1.807) is 0 Å². The number of nitrogens with one attached hydrogen (secondary N) is 1. The van der Waals surface area contributed by atoms with Crippen LogP contribution in [0, 0.1) is 0 Å². The predicted molar refractivity (Wildman–Crippen MR) is 69.7 cm³/mol. The minimum Gasteiger partial charge on any atom is -0.381 e. The van der Waals surface area contributed by atoms with Crippen molar-refractivity contribution in [1.82, 2.24) is 5.32 Å². The molecule has 1 aliphatic heterocycles. The molecule has 0 atom stereocenters. The first-order valence-corrected chi connectivity index (χ1v) is 6.69. The van der Waals surface area contributed by atoms with Crippen LogP contribution in [0.15, 0.2) is 28.7 Å². The Morgan fingerprint density at radius 2 is 2.12 bits per heavy atom. The summed E-state index contributed by atoms with van der Waals surface area (Å²) in [5.41, 5.74) is 1.38. The van der Waals surface area contributed by atoms with Gasteiger partial charge < -0.3 is 10.1 Å². The highest BCUT2D eigenvalue weighted by molar-refractivity contribution is 9.10. The lowest BCUT2D eigenvalue weighted by Gasteiger charge is -2.23.